The van der Waals surface area contributed by atoms with Crippen molar-refractivity contribution in [2.45, 2.75) is 46.2 Å². The number of carbonyl (C=O) groups excluding carboxylic acids is 1. The summed E-state index contributed by atoms with van der Waals surface area (Å²) in [6, 6.07) is 7.71. The SMILES string of the molecule is CCn1ncc(N2CCC(NC(=O)c3cc(C)cc(C)c3)CC2)cc1=O. The molecular formula is C20H26N4O2. The molecule has 6 heteroatoms. The van der Waals surface area contributed by atoms with Crippen LogP contribution in [-0.4, -0.2) is 34.8 Å². The molecule has 1 amide bonds. The minimum atomic E-state index is -0.0738. The molecule has 1 saturated heterocycles. The number of hydrogen-bond acceptors (Lipinski definition) is 4. The van der Waals surface area contributed by atoms with Gasteiger partial charge >= 0.3 is 0 Å². The first-order chi connectivity index (χ1) is 12.5. The maximum atomic E-state index is 12.5. The summed E-state index contributed by atoms with van der Waals surface area (Å²) in [5, 5.41) is 7.33. The Morgan fingerprint density at radius 3 is 2.38 bits per heavy atom. The molecule has 0 radical (unpaired) electrons. The number of amides is 1. The average molecular weight is 354 g/mol. The lowest BCUT2D eigenvalue weighted by molar-refractivity contribution is 0.0931. The molecule has 0 spiro atoms. The monoisotopic (exact) mass is 354 g/mol. The summed E-state index contributed by atoms with van der Waals surface area (Å²) in [6.07, 6.45) is 3.46. The molecule has 0 aliphatic carbocycles. The zero-order chi connectivity index (χ0) is 18.7. The fraction of sp³-hybridized carbons (Fsp3) is 0.450. The van der Waals surface area contributed by atoms with E-state index in [-0.39, 0.29) is 17.5 Å². The quantitative estimate of drug-likeness (QED) is 0.915. The molecule has 0 bridgehead atoms. The zero-order valence-electron chi connectivity index (χ0n) is 15.7. The van der Waals surface area contributed by atoms with E-state index in [1.165, 1.54) is 4.68 Å². The van der Waals surface area contributed by atoms with E-state index in [0.29, 0.717) is 6.54 Å². The number of aromatic nitrogens is 2. The van der Waals surface area contributed by atoms with Crippen molar-refractivity contribution >= 4 is 11.6 Å². The molecule has 2 aromatic rings. The van der Waals surface area contributed by atoms with E-state index in [9.17, 15) is 9.59 Å². The van der Waals surface area contributed by atoms with Gasteiger partial charge in [0.1, 0.15) is 0 Å². The van der Waals surface area contributed by atoms with Crippen LogP contribution in [-0.2, 0) is 6.54 Å². The molecule has 1 aromatic carbocycles. The second kappa shape index (κ2) is 7.72. The van der Waals surface area contributed by atoms with E-state index < -0.39 is 0 Å². The van der Waals surface area contributed by atoms with Gasteiger partial charge in [0.15, 0.2) is 0 Å². The molecule has 138 valence electrons. The first-order valence-corrected chi connectivity index (χ1v) is 9.17. The fourth-order valence-electron chi connectivity index (χ4n) is 3.49. The highest BCUT2D eigenvalue weighted by Crippen LogP contribution is 2.18. The van der Waals surface area contributed by atoms with E-state index in [0.717, 1.165) is 48.3 Å². The van der Waals surface area contributed by atoms with Gasteiger partial charge in [-0.05, 0) is 45.7 Å². The first-order valence-electron chi connectivity index (χ1n) is 9.17. The largest absolute Gasteiger partial charge is 0.370 e. The van der Waals surface area contributed by atoms with Crippen LogP contribution in [0, 0.1) is 13.8 Å². The Kier molecular flexibility index (Phi) is 5.40. The molecule has 1 aliphatic heterocycles. The average Bonchev–Trinajstić information content (AvgIpc) is 2.61. The molecule has 1 aliphatic rings. The Bertz CT molecular complexity index is 831. The second-order valence-electron chi connectivity index (χ2n) is 6.98. The normalized spacial score (nSPS) is 15.1. The third-order valence-corrected chi connectivity index (χ3v) is 4.83. The topological polar surface area (TPSA) is 67.2 Å². The number of benzene rings is 1. The van der Waals surface area contributed by atoms with Crippen molar-refractivity contribution in [1.82, 2.24) is 15.1 Å². The number of hydrogen-bond donors (Lipinski definition) is 1. The number of nitrogens with zero attached hydrogens (tertiary/aromatic N) is 3. The van der Waals surface area contributed by atoms with Crippen LogP contribution in [0.15, 0.2) is 35.3 Å². The van der Waals surface area contributed by atoms with Gasteiger partial charge in [0.05, 0.1) is 11.9 Å². The van der Waals surface area contributed by atoms with Crippen LogP contribution in [0.1, 0.15) is 41.3 Å². The molecule has 1 N–H and O–H groups in total. The summed E-state index contributed by atoms with van der Waals surface area (Å²) in [7, 11) is 0. The lowest BCUT2D eigenvalue weighted by Gasteiger charge is -2.33. The molecule has 0 saturated carbocycles. The van der Waals surface area contributed by atoms with Crippen molar-refractivity contribution < 1.29 is 4.79 Å². The van der Waals surface area contributed by atoms with Crippen LogP contribution in [0.4, 0.5) is 5.69 Å². The molecule has 26 heavy (non-hydrogen) atoms. The van der Waals surface area contributed by atoms with Gasteiger partial charge in [-0.15, -0.1) is 0 Å². The zero-order valence-corrected chi connectivity index (χ0v) is 15.7. The smallest absolute Gasteiger partial charge is 0.268 e. The number of carbonyl (C=O) groups is 1. The summed E-state index contributed by atoms with van der Waals surface area (Å²) in [6.45, 7) is 8.08. The van der Waals surface area contributed by atoms with Gasteiger partial charge < -0.3 is 10.2 Å². The van der Waals surface area contributed by atoms with Crippen molar-refractivity contribution in [2.24, 2.45) is 0 Å². The maximum absolute atomic E-state index is 12.5. The van der Waals surface area contributed by atoms with Gasteiger partial charge in [0.2, 0.25) is 0 Å². The summed E-state index contributed by atoms with van der Waals surface area (Å²) >= 11 is 0. The van der Waals surface area contributed by atoms with Crippen LogP contribution in [0.5, 0.6) is 0 Å². The molecule has 0 atom stereocenters. The van der Waals surface area contributed by atoms with Gasteiger partial charge in [0, 0.05) is 37.3 Å². The third kappa shape index (κ3) is 4.12. The molecule has 3 rings (SSSR count). The predicted molar refractivity (Wildman–Crippen MR) is 103 cm³/mol. The Labute approximate surface area is 153 Å². The summed E-state index contributed by atoms with van der Waals surface area (Å²) in [5.74, 6) is -0.0116. The minimum absolute atomic E-state index is 0.0116. The first kappa shape index (κ1) is 18.2. The van der Waals surface area contributed by atoms with Gasteiger partial charge in [-0.2, -0.15) is 5.10 Å². The number of aryl methyl sites for hydroxylation is 3. The van der Waals surface area contributed by atoms with Crippen LogP contribution >= 0.6 is 0 Å². The van der Waals surface area contributed by atoms with E-state index in [1.54, 1.807) is 12.3 Å². The standard InChI is InChI=1S/C20H26N4O2/c1-4-24-19(25)12-18(13-21-24)23-7-5-17(6-8-23)22-20(26)16-10-14(2)9-15(3)11-16/h9-13,17H,4-8H2,1-3H3,(H,22,26). The maximum Gasteiger partial charge on any atom is 0.268 e. The molecule has 2 heterocycles. The molecule has 1 fully saturated rings. The molecule has 1 aromatic heterocycles. The van der Waals surface area contributed by atoms with Gasteiger partial charge in [0.25, 0.3) is 11.5 Å². The Hall–Kier alpha value is -2.63. The summed E-state index contributed by atoms with van der Waals surface area (Å²) in [4.78, 5) is 26.6. The van der Waals surface area contributed by atoms with Gasteiger partial charge in [-0.1, -0.05) is 17.2 Å². The number of nitrogens with one attached hydrogen (secondary N) is 1. The lowest BCUT2D eigenvalue weighted by atomic mass is 10.0. The second-order valence-corrected chi connectivity index (χ2v) is 6.98. The van der Waals surface area contributed by atoms with Crippen LogP contribution < -0.4 is 15.8 Å². The van der Waals surface area contributed by atoms with Gasteiger partial charge in [-0.3, -0.25) is 9.59 Å². The van der Waals surface area contributed by atoms with Crippen molar-refractivity contribution in [3.8, 4) is 0 Å². The van der Waals surface area contributed by atoms with Crippen LogP contribution in [0.25, 0.3) is 0 Å². The van der Waals surface area contributed by atoms with Crippen LogP contribution in [0.2, 0.25) is 0 Å². The number of anilines is 1. The summed E-state index contributed by atoms with van der Waals surface area (Å²) < 4.78 is 1.44. The Morgan fingerprint density at radius 2 is 1.81 bits per heavy atom. The van der Waals surface area contributed by atoms with Crippen molar-refractivity contribution in [1.29, 1.82) is 0 Å². The van der Waals surface area contributed by atoms with Crippen LogP contribution in [0.3, 0.4) is 0 Å². The van der Waals surface area contributed by atoms with Gasteiger partial charge in [-0.25, -0.2) is 4.68 Å². The fourth-order valence-corrected chi connectivity index (χ4v) is 3.49. The lowest BCUT2D eigenvalue weighted by Crippen LogP contribution is -2.45. The third-order valence-electron chi connectivity index (χ3n) is 4.83. The highest BCUT2D eigenvalue weighted by Gasteiger charge is 2.22. The van der Waals surface area contributed by atoms with E-state index >= 15 is 0 Å². The van der Waals surface area contributed by atoms with E-state index in [2.05, 4.69) is 21.4 Å². The number of piperidine rings is 1. The molecular weight excluding hydrogens is 328 g/mol. The number of rotatable bonds is 4. The highest BCUT2D eigenvalue weighted by molar-refractivity contribution is 5.94. The predicted octanol–water partition coefficient (Wildman–Crippen LogP) is 2.28. The van der Waals surface area contributed by atoms with Crippen molar-refractivity contribution in [3.63, 3.8) is 0 Å². The van der Waals surface area contributed by atoms with Crippen molar-refractivity contribution in [3.05, 3.63) is 57.5 Å². The Morgan fingerprint density at radius 1 is 1.15 bits per heavy atom. The summed E-state index contributed by atoms with van der Waals surface area (Å²) in [5.41, 5.74) is 3.70. The minimum Gasteiger partial charge on any atom is -0.370 e. The highest BCUT2D eigenvalue weighted by atomic mass is 16.1. The Balaban J connectivity index is 1.59. The van der Waals surface area contributed by atoms with E-state index in [1.807, 2.05) is 32.9 Å². The van der Waals surface area contributed by atoms with E-state index in [4.69, 9.17) is 0 Å². The molecule has 6 nitrogen and oxygen atoms in total. The molecule has 0 unspecified atom stereocenters. The van der Waals surface area contributed by atoms with Crippen molar-refractivity contribution in [2.75, 3.05) is 18.0 Å².